The summed E-state index contributed by atoms with van der Waals surface area (Å²) in [7, 11) is -0.421. The molecule has 0 radical (unpaired) electrons. The normalized spacial score (nSPS) is 20.8. The van der Waals surface area contributed by atoms with Gasteiger partial charge in [-0.25, -0.2) is 4.98 Å². The van der Waals surface area contributed by atoms with Gasteiger partial charge in [0.25, 0.3) is 0 Å². The Balaban J connectivity index is 2.33. The maximum Gasteiger partial charge on any atom is 0.496 e. The quantitative estimate of drug-likeness (QED) is 0.703. The summed E-state index contributed by atoms with van der Waals surface area (Å²) in [6.45, 7) is 9.92. The van der Waals surface area contributed by atoms with Crippen molar-refractivity contribution in [1.82, 2.24) is 4.98 Å². The molecule has 1 aliphatic rings. The van der Waals surface area contributed by atoms with Crippen LogP contribution in [0.3, 0.4) is 0 Å². The standard InChI is InChI=1S/C13H17BN2O2/c1-9-11(7-6-10(8-15)16-9)14-17-12(2,3)13(4,5)18-14/h6-7H,1-5H3. The van der Waals surface area contributed by atoms with Crippen molar-refractivity contribution < 1.29 is 9.31 Å². The molecule has 0 bridgehead atoms. The summed E-state index contributed by atoms with van der Waals surface area (Å²) in [5.74, 6) is 0. The van der Waals surface area contributed by atoms with Gasteiger partial charge in [-0.05, 0) is 40.7 Å². The van der Waals surface area contributed by atoms with Crippen molar-refractivity contribution in [1.29, 1.82) is 5.26 Å². The topological polar surface area (TPSA) is 55.1 Å². The highest BCUT2D eigenvalue weighted by atomic mass is 16.7. The van der Waals surface area contributed by atoms with Gasteiger partial charge < -0.3 is 9.31 Å². The van der Waals surface area contributed by atoms with Crippen LogP contribution in [0.5, 0.6) is 0 Å². The monoisotopic (exact) mass is 244 g/mol. The van der Waals surface area contributed by atoms with Crippen LogP contribution in [0.1, 0.15) is 39.1 Å². The smallest absolute Gasteiger partial charge is 0.399 e. The predicted molar refractivity (Wildman–Crippen MR) is 69.4 cm³/mol. The highest BCUT2D eigenvalue weighted by Crippen LogP contribution is 2.36. The lowest BCUT2D eigenvalue weighted by Gasteiger charge is -2.32. The van der Waals surface area contributed by atoms with Crippen LogP contribution < -0.4 is 5.46 Å². The van der Waals surface area contributed by atoms with Crippen LogP contribution in [0.15, 0.2) is 12.1 Å². The molecule has 0 atom stereocenters. The van der Waals surface area contributed by atoms with E-state index in [1.807, 2.05) is 46.8 Å². The molecule has 5 heteroatoms. The van der Waals surface area contributed by atoms with E-state index in [-0.39, 0.29) is 11.2 Å². The van der Waals surface area contributed by atoms with Crippen molar-refractivity contribution in [2.75, 3.05) is 0 Å². The summed E-state index contributed by atoms with van der Waals surface area (Å²) < 4.78 is 11.9. The van der Waals surface area contributed by atoms with Crippen molar-refractivity contribution in [2.24, 2.45) is 0 Å². The number of aryl methyl sites for hydroxylation is 1. The molecule has 1 fully saturated rings. The molecule has 0 saturated carbocycles. The molecule has 1 aromatic heterocycles. The van der Waals surface area contributed by atoms with Crippen molar-refractivity contribution >= 4 is 12.6 Å². The Morgan fingerprint density at radius 1 is 1.17 bits per heavy atom. The molecule has 0 N–H and O–H groups in total. The van der Waals surface area contributed by atoms with Crippen LogP contribution in [-0.4, -0.2) is 23.3 Å². The zero-order valence-corrected chi connectivity index (χ0v) is 11.4. The van der Waals surface area contributed by atoms with Gasteiger partial charge in [0.2, 0.25) is 0 Å². The van der Waals surface area contributed by atoms with Gasteiger partial charge in [0.1, 0.15) is 11.8 Å². The Labute approximate surface area is 108 Å². The first-order valence-electron chi connectivity index (χ1n) is 6.00. The summed E-state index contributed by atoms with van der Waals surface area (Å²) in [5.41, 5.74) is 1.34. The first-order valence-corrected chi connectivity index (χ1v) is 6.00. The Morgan fingerprint density at radius 3 is 2.17 bits per heavy atom. The van der Waals surface area contributed by atoms with Crippen molar-refractivity contribution in [2.45, 2.75) is 45.8 Å². The SMILES string of the molecule is Cc1nc(C#N)ccc1B1OC(C)(C)C(C)(C)O1. The number of hydrogen-bond acceptors (Lipinski definition) is 4. The van der Waals surface area contributed by atoms with Crippen LogP contribution >= 0.6 is 0 Å². The molecule has 1 saturated heterocycles. The van der Waals surface area contributed by atoms with E-state index in [9.17, 15) is 0 Å². The number of nitriles is 1. The molecule has 18 heavy (non-hydrogen) atoms. The summed E-state index contributed by atoms with van der Waals surface area (Å²) >= 11 is 0. The van der Waals surface area contributed by atoms with Gasteiger partial charge in [0, 0.05) is 11.2 Å². The van der Waals surface area contributed by atoms with E-state index in [0.717, 1.165) is 11.2 Å². The van der Waals surface area contributed by atoms with E-state index in [1.54, 1.807) is 6.07 Å². The molecule has 2 heterocycles. The molecule has 0 amide bonds. The van der Waals surface area contributed by atoms with Crippen LogP contribution in [0, 0.1) is 18.3 Å². The zero-order valence-electron chi connectivity index (χ0n) is 11.4. The van der Waals surface area contributed by atoms with Crippen LogP contribution in [0.25, 0.3) is 0 Å². The average Bonchev–Trinajstić information content (AvgIpc) is 2.47. The van der Waals surface area contributed by atoms with Gasteiger partial charge in [0.05, 0.1) is 11.2 Å². The Morgan fingerprint density at radius 2 is 1.72 bits per heavy atom. The molecule has 0 aliphatic carbocycles. The first kappa shape index (κ1) is 13.1. The minimum Gasteiger partial charge on any atom is -0.399 e. The third-order valence-corrected chi connectivity index (χ3v) is 3.75. The van der Waals surface area contributed by atoms with Gasteiger partial charge in [-0.2, -0.15) is 5.26 Å². The fraction of sp³-hybridized carbons (Fsp3) is 0.538. The molecule has 1 aromatic rings. The van der Waals surface area contributed by atoms with Crippen LogP contribution in [0.4, 0.5) is 0 Å². The molecular weight excluding hydrogens is 227 g/mol. The summed E-state index contributed by atoms with van der Waals surface area (Å²) in [6.07, 6.45) is 0. The molecule has 2 rings (SSSR count). The molecule has 0 aromatic carbocycles. The minimum atomic E-state index is -0.421. The highest BCUT2D eigenvalue weighted by molar-refractivity contribution is 6.62. The minimum absolute atomic E-state index is 0.363. The Bertz CT molecular complexity index is 504. The molecule has 1 aliphatic heterocycles. The van der Waals surface area contributed by atoms with Crippen molar-refractivity contribution in [3.8, 4) is 6.07 Å². The maximum absolute atomic E-state index is 8.81. The Hall–Kier alpha value is -1.38. The molecule has 0 spiro atoms. The number of nitrogens with zero attached hydrogens (tertiary/aromatic N) is 2. The van der Waals surface area contributed by atoms with Crippen molar-refractivity contribution in [3.05, 3.63) is 23.5 Å². The fourth-order valence-electron chi connectivity index (χ4n) is 1.85. The van der Waals surface area contributed by atoms with E-state index in [4.69, 9.17) is 14.6 Å². The molecule has 94 valence electrons. The summed E-state index contributed by atoms with van der Waals surface area (Å²) in [6, 6.07) is 5.56. The summed E-state index contributed by atoms with van der Waals surface area (Å²) in [4.78, 5) is 4.21. The van der Waals surface area contributed by atoms with Gasteiger partial charge in [-0.3, -0.25) is 0 Å². The first-order chi connectivity index (χ1) is 8.27. The Kier molecular flexibility index (Phi) is 2.96. The second kappa shape index (κ2) is 4.08. The maximum atomic E-state index is 8.81. The number of pyridine rings is 1. The van der Waals surface area contributed by atoms with Crippen LogP contribution in [-0.2, 0) is 9.31 Å². The second-order valence-corrected chi connectivity index (χ2v) is 5.57. The third kappa shape index (κ3) is 2.02. The van der Waals surface area contributed by atoms with E-state index in [1.165, 1.54) is 0 Å². The van der Waals surface area contributed by atoms with Gasteiger partial charge in [0.15, 0.2) is 0 Å². The van der Waals surface area contributed by atoms with E-state index >= 15 is 0 Å². The third-order valence-electron chi connectivity index (χ3n) is 3.75. The largest absolute Gasteiger partial charge is 0.496 e. The van der Waals surface area contributed by atoms with Gasteiger partial charge in [-0.1, -0.05) is 6.07 Å². The average molecular weight is 244 g/mol. The second-order valence-electron chi connectivity index (χ2n) is 5.57. The number of hydrogen-bond donors (Lipinski definition) is 0. The number of rotatable bonds is 1. The summed E-state index contributed by atoms with van der Waals surface area (Å²) in [5, 5.41) is 8.81. The van der Waals surface area contributed by atoms with Crippen molar-refractivity contribution in [3.63, 3.8) is 0 Å². The highest BCUT2D eigenvalue weighted by Gasteiger charge is 2.52. The van der Waals surface area contributed by atoms with Gasteiger partial charge in [-0.15, -0.1) is 0 Å². The van der Waals surface area contributed by atoms with E-state index in [2.05, 4.69) is 4.98 Å². The predicted octanol–water partition coefficient (Wildman–Crippen LogP) is 1.56. The zero-order chi connectivity index (χ0) is 13.6. The fourth-order valence-corrected chi connectivity index (χ4v) is 1.85. The van der Waals surface area contributed by atoms with E-state index < -0.39 is 7.12 Å². The lowest BCUT2D eigenvalue weighted by Crippen LogP contribution is -2.41. The molecule has 0 unspecified atom stereocenters. The lowest BCUT2D eigenvalue weighted by atomic mass is 9.78. The van der Waals surface area contributed by atoms with E-state index in [0.29, 0.717) is 5.69 Å². The van der Waals surface area contributed by atoms with Gasteiger partial charge >= 0.3 is 7.12 Å². The molecule has 4 nitrogen and oxygen atoms in total. The van der Waals surface area contributed by atoms with Crippen LogP contribution in [0.2, 0.25) is 0 Å². The number of aromatic nitrogens is 1. The lowest BCUT2D eigenvalue weighted by molar-refractivity contribution is 0.00578. The molecular formula is C13H17BN2O2.